The van der Waals surface area contributed by atoms with Gasteiger partial charge in [0.2, 0.25) is 11.2 Å². The standard InChI is InChI=1S/C25H28F3NO7/c1-4-34-19-7-5-6-8-20(19)35-23-21(31)16-9-10-18(30)17(22(16)36-24(23)25(26,27)28)15-29(11-13-32-2)12-14-33-3/h5-10,30H,4,11-15H2,1-3H3. The van der Waals surface area contributed by atoms with E-state index in [9.17, 15) is 23.1 Å². The fourth-order valence-corrected chi connectivity index (χ4v) is 3.57. The summed E-state index contributed by atoms with van der Waals surface area (Å²) < 4.78 is 68.6. The lowest BCUT2D eigenvalue weighted by atomic mass is 10.1. The van der Waals surface area contributed by atoms with E-state index in [1.165, 1.54) is 38.5 Å². The Morgan fingerprint density at radius 3 is 2.22 bits per heavy atom. The molecule has 0 spiro atoms. The van der Waals surface area contributed by atoms with Crippen LogP contribution in [0.15, 0.2) is 45.6 Å². The van der Waals surface area contributed by atoms with Gasteiger partial charge in [-0.05, 0) is 31.2 Å². The maximum Gasteiger partial charge on any atom is 0.453 e. The lowest BCUT2D eigenvalue weighted by Gasteiger charge is -2.23. The fourth-order valence-electron chi connectivity index (χ4n) is 3.57. The number of hydrogen-bond acceptors (Lipinski definition) is 8. The highest BCUT2D eigenvalue weighted by atomic mass is 19.4. The molecule has 0 bridgehead atoms. The first-order valence-corrected chi connectivity index (χ1v) is 11.2. The van der Waals surface area contributed by atoms with Gasteiger partial charge in [-0.3, -0.25) is 9.69 Å². The lowest BCUT2D eigenvalue weighted by Crippen LogP contribution is -2.30. The Morgan fingerprint density at radius 2 is 1.64 bits per heavy atom. The van der Waals surface area contributed by atoms with E-state index in [0.717, 1.165) is 0 Å². The molecule has 0 aliphatic rings. The van der Waals surface area contributed by atoms with Crippen LogP contribution in [0.2, 0.25) is 0 Å². The number of benzene rings is 2. The van der Waals surface area contributed by atoms with E-state index >= 15 is 0 Å². The highest BCUT2D eigenvalue weighted by Gasteiger charge is 2.41. The Kier molecular flexibility index (Phi) is 9.19. The quantitative estimate of drug-likeness (QED) is 0.371. The van der Waals surface area contributed by atoms with E-state index in [-0.39, 0.29) is 46.9 Å². The molecule has 1 heterocycles. The summed E-state index contributed by atoms with van der Waals surface area (Å²) in [5.74, 6) is -2.84. The van der Waals surface area contributed by atoms with Gasteiger partial charge in [0.15, 0.2) is 11.5 Å². The molecule has 3 rings (SSSR count). The van der Waals surface area contributed by atoms with Crippen LogP contribution in [-0.2, 0) is 22.2 Å². The molecule has 1 aromatic heterocycles. The van der Waals surface area contributed by atoms with Crippen molar-refractivity contribution in [1.82, 2.24) is 4.90 Å². The molecular formula is C25H28F3NO7. The van der Waals surface area contributed by atoms with E-state index in [2.05, 4.69) is 0 Å². The van der Waals surface area contributed by atoms with Crippen LogP contribution in [-0.4, -0.2) is 57.1 Å². The molecule has 3 aromatic rings. The number of nitrogens with zero attached hydrogens (tertiary/aromatic N) is 1. The normalized spacial score (nSPS) is 11.9. The Morgan fingerprint density at radius 1 is 1.00 bits per heavy atom. The molecule has 0 saturated carbocycles. The van der Waals surface area contributed by atoms with E-state index in [4.69, 9.17) is 23.4 Å². The maximum atomic E-state index is 14.1. The van der Waals surface area contributed by atoms with Crippen molar-refractivity contribution in [3.63, 3.8) is 0 Å². The predicted molar refractivity (Wildman–Crippen MR) is 126 cm³/mol. The van der Waals surface area contributed by atoms with Crippen LogP contribution in [0.25, 0.3) is 11.0 Å². The van der Waals surface area contributed by atoms with Crippen molar-refractivity contribution in [2.24, 2.45) is 0 Å². The average Bonchev–Trinajstić information content (AvgIpc) is 2.84. The summed E-state index contributed by atoms with van der Waals surface area (Å²) in [7, 11) is 3.04. The van der Waals surface area contributed by atoms with Gasteiger partial charge >= 0.3 is 6.18 Å². The maximum absolute atomic E-state index is 14.1. The molecule has 36 heavy (non-hydrogen) atoms. The molecule has 0 fully saturated rings. The highest BCUT2D eigenvalue weighted by molar-refractivity contribution is 5.83. The van der Waals surface area contributed by atoms with Crippen molar-refractivity contribution in [3.8, 4) is 23.0 Å². The second-order valence-corrected chi connectivity index (χ2v) is 7.77. The SMILES string of the molecule is CCOc1ccccc1Oc1c(C(F)(F)F)oc2c(CN(CCOC)CCOC)c(O)ccc2c1=O. The zero-order valence-corrected chi connectivity index (χ0v) is 20.2. The van der Waals surface area contributed by atoms with Gasteiger partial charge in [-0.25, -0.2) is 0 Å². The Balaban J connectivity index is 2.17. The molecular weight excluding hydrogens is 483 g/mol. The first-order valence-electron chi connectivity index (χ1n) is 11.2. The Labute approximate surface area is 205 Å². The van der Waals surface area contributed by atoms with Crippen LogP contribution in [0.3, 0.4) is 0 Å². The monoisotopic (exact) mass is 511 g/mol. The van der Waals surface area contributed by atoms with Crippen molar-refractivity contribution >= 4 is 11.0 Å². The van der Waals surface area contributed by atoms with Crippen LogP contribution in [0, 0.1) is 0 Å². The minimum Gasteiger partial charge on any atom is -0.507 e. The molecule has 2 aromatic carbocycles. The van der Waals surface area contributed by atoms with Gasteiger partial charge in [-0.15, -0.1) is 0 Å². The van der Waals surface area contributed by atoms with E-state index in [1.807, 2.05) is 0 Å². The van der Waals surface area contributed by atoms with Gasteiger partial charge in [0.1, 0.15) is 11.3 Å². The molecule has 0 saturated heterocycles. The van der Waals surface area contributed by atoms with Gasteiger partial charge in [-0.2, -0.15) is 13.2 Å². The Bertz CT molecular complexity index is 1220. The van der Waals surface area contributed by atoms with Crippen LogP contribution in [0.5, 0.6) is 23.0 Å². The van der Waals surface area contributed by atoms with Gasteiger partial charge in [0, 0.05) is 33.9 Å². The third kappa shape index (κ3) is 6.28. The van der Waals surface area contributed by atoms with E-state index < -0.39 is 23.1 Å². The molecule has 1 N–H and O–H groups in total. The van der Waals surface area contributed by atoms with Crippen LogP contribution in [0.1, 0.15) is 18.2 Å². The number of ether oxygens (including phenoxy) is 4. The molecule has 0 amide bonds. The third-order valence-electron chi connectivity index (χ3n) is 5.32. The van der Waals surface area contributed by atoms with E-state index in [1.54, 1.807) is 24.0 Å². The zero-order valence-electron chi connectivity index (χ0n) is 20.2. The minimum atomic E-state index is -5.06. The Hall–Kier alpha value is -3.28. The third-order valence-corrected chi connectivity index (χ3v) is 5.32. The topological polar surface area (TPSA) is 90.6 Å². The number of fused-ring (bicyclic) bond motifs is 1. The van der Waals surface area contributed by atoms with Crippen LogP contribution in [0.4, 0.5) is 13.2 Å². The molecule has 0 atom stereocenters. The number of rotatable bonds is 12. The van der Waals surface area contributed by atoms with Crippen molar-refractivity contribution in [3.05, 3.63) is 57.9 Å². The van der Waals surface area contributed by atoms with Gasteiger partial charge in [0.05, 0.1) is 30.8 Å². The minimum absolute atomic E-state index is 0.0104. The highest BCUT2D eigenvalue weighted by Crippen LogP contribution is 2.41. The van der Waals surface area contributed by atoms with E-state index in [0.29, 0.717) is 26.3 Å². The first kappa shape index (κ1) is 27.3. The molecule has 0 radical (unpaired) electrons. The summed E-state index contributed by atoms with van der Waals surface area (Å²) in [5, 5.41) is 10.3. The lowest BCUT2D eigenvalue weighted by molar-refractivity contribution is -0.154. The van der Waals surface area contributed by atoms with Crippen LogP contribution >= 0.6 is 0 Å². The molecule has 196 valence electrons. The molecule has 11 heteroatoms. The second kappa shape index (κ2) is 12.1. The molecule has 8 nitrogen and oxygen atoms in total. The number of para-hydroxylation sites is 2. The number of phenols is 1. The molecule has 0 aliphatic heterocycles. The van der Waals surface area contributed by atoms with Crippen LogP contribution < -0.4 is 14.9 Å². The number of alkyl halides is 3. The largest absolute Gasteiger partial charge is 0.507 e. The average molecular weight is 511 g/mol. The summed E-state index contributed by atoms with van der Waals surface area (Å²) in [5.41, 5.74) is -1.38. The summed E-state index contributed by atoms with van der Waals surface area (Å²) in [6.45, 7) is 3.42. The number of hydrogen-bond donors (Lipinski definition) is 1. The molecule has 0 aliphatic carbocycles. The molecule has 0 unspecified atom stereocenters. The summed E-state index contributed by atoms with van der Waals surface area (Å²) in [6.07, 6.45) is -5.06. The van der Waals surface area contributed by atoms with Gasteiger partial charge < -0.3 is 28.5 Å². The van der Waals surface area contributed by atoms with Crippen molar-refractivity contribution in [1.29, 1.82) is 0 Å². The van der Waals surface area contributed by atoms with Crippen molar-refractivity contribution in [2.75, 3.05) is 47.1 Å². The zero-order chi connectivity index (χ0) is 26.3. The first-order chi connectivity index (χ1) is 17.2. The van der Waals surface area contributed by atoms with Gasteiger partial charge in [-0.1, -0.05) is 12.1 Å². The van der Waals surface area contributed by atoms with Gasteiger partial charge in [0.25, 0.3) is 5.76 Å². The number of aromatic hydroxyl groups is 1. The van der Waals surface area contributed by atoms with Crippen molar-refractivity contribution in [2.45, 2.75) is 19.6 Å². The number of halogens is 3. The summed E-state index contributed by atoms with van der Waals surface area (Å²) in [6, 6.07) is 8.51. The summed E-state index contributed by atoms with van der Waals surface area (Å²) >= 11 is 0. The predicted octanol–water partition coefficient (Wildman–Crippen LogP) is 4.80. The summed E-state index contributed by atoms with van der Waals surface area (Å²) in [4.78, 5) is 15.1. The van der Waals surface area contributed by atoms with Crippen molar-refractivity contribution < 1.29 is 41.6 Å². The fraction of sp³-hybridized carbons (Fsp3) is 0.400. The second-order valence-electron chi connectivity index (χ2n) is 7.77. The number of methoxy groups -OCH3 is 2. The number of phenolic OH excluding ortho intramolecular Hbond substituents is 1. The smallest absolute Gasteiger partial charge is 0.453 e.